The Morgan fingerprint density at radius 1 is 0.976 bits per heavy atom. The number of para-hydroxylation sites is 1. The van der Waals surface area contributed by atoms with E-state index in [9.17, 15) is 29.1 Å². The number of amides is 4. The summed E-state index contributed by atoms with van der Waals surface area (Å²) in [5.41, 5.74) is 13.7. The number of benzene rings is 1. The van der Waals surface area contributed by atoms with Crippen molar-refractivity contribution < 1.29 is 29.1 Å². The molecule has 0 aliphatic rings. The highest BCUT2D eigenvalue weighted by Gasteiger charge is 2.33. The standard InChI is InChI=1S/C28H38N8O6/c1-3-15(2)24(27(40)34-21(28(41)42)8-9-23(30)37)36-26(39)22(11-17-13-31-14-33-17)35-25(38)19(29)10-16-12-32-20-7-5-4-6-18(16)20/h4-7,12-15,19,21-22,24,32H,3,8-11,29H2,1-2H3,(H2,30,37)(H,31,33)(H,34,40)(H,35,38)(H,36,39)(H,41,42). The molecule has 0 saturated heterocycles. The molecular weight excluding hydrogens is 544 g/mol. The minimum absolute atomic E-state index is 0.0303. The lowest BCUT2D eigenvalue weighted by Gasteiger charge is -2.28. The molecule has 2 aromatic heterocycles. The van der Waals surface area contributed by atoms with Crippen LogP contribution in [0.4, 0.5) is 0 Å². The van der Waals surface area contributed by atoms with Crippen molar-refractivity contribution >= 4 is 40.5 Å². The molecule has 0 bridgehead atoms. The summed E-state index contributed by atoms with van der Waals surface area (Å²) in [4.78, 5) is 72.7. The Morgan fingerprint density at radius 3 is 2.33 bits per heavy atom. The molecule has 14 heteroatoms. The number of carbonyl (C=O) groups is 5. The van der Waals surface area contributed by atoms with Crippen molar-refractivity contribution in [3.8, 4) is 0 Å². The van der Waals surface area contributed by atoms with Crippen LogP contribution in [-0.4, -0.2) is 73.8 Å². The number of carbonyl (C=O) groups excluding carboxylic acids is 4. The zero-order valence-electron chi connectivity index (χ0n) is 23.6. The zero-order chi connectivity index (χ0) is 30.8. The number of aromatic nitrogens is 3. The van der Waals surface area contributed by atoms with Crippen LogP contribution in [0.2, 0.25) is 0 Å². The third kappa shape index (κ3) is 8.64. The van der Waals surface area contributed by atoms with E-state index >= 15 is 0 Å². The first-order valence-corrected chi connectivity index (χ1v) is 13.7. The highest BCUT2D eigenvalue weighted by molar-refractivity contribution is 5.94. The minimum atomic E-state index is -1.38. The molecule has 10 N–H and O–H groups in total. The quantitative estimate of drug-likeness (QED) is 0.113. The van der Waals surface area contributed by atoms with E-state index < -0.39 is 59.7 Å². The lowest BCUT2D eigenvalue weighted by molar-refractivity contribution is -0.143. The Balaban J connectivity index is 1.75. The number of nitrogens with zero attached hydrogens (tertiary/aromatic N) is 1. The minimum Gasteiger partial charge on any atom is -0.480 e. The van der Waals surface area contributed by atoms with E-state index in [0.29, 0.717) is 12.1 Å². The van der Waals surface area contributed by atoms with Crippen LogP contribution in [0.25, 0.3) is 10.9 Å². The second-order valence-electron chi connectivity index (χ2n) is 10.3. The average molecular weight is 583 g/mol. The number of nitrogens with one attached hydrogen (secondary N) is 5. The Hall–Kier alpha value is -4.72. The molecule has 0 aliphatic heterocycles. The maximum atomic E-state index is 13.5. The van der Waals surface area contributed by atoms with Gasteiger partial charge in [-0.05, 0) is 30.4 Å². The normalized spacial score (nSPS) is 14.7. The predicted molar refractivity (Wildman–Crippen MR) is 154 cm³/mol. The summed E-state index contributed by atoms with van der Waals surface area (Å²) in [5.74, 6) is -4.41. The van der Waals surface area contributed by atoms with Gasteiger partial charge in [-0.3, -0.25) is 19.2 Å². The highest BCUT2D eigenvalue weighted by Crippen LogP contribution is 2.19. The van der Waals surface area contributed by atoms with Crippen molar-refractivity contribution in [2.45, 2.75) is 70.1 Å². The van der Waals surface area contributed by atoms with Gasteiger partial charge in [-0.25, -0.2) is 9.78 Å². The first-order valence-electron chi connectivity index (χ1n) is 13.7. The number of hydrogen-bond acceptors (Lipinski definition) is 7. The number of primary amides is 1. The lowest BCUT2D eigenvalue weighted by Crippen LogP contribution is -2.59. The van der Waals surface area contributed by atoms with E-state index in [1.807, 2.05) is 31.2 Å². The predicted octanol–water partition coefficient (Wildman–Crippen LogP) is -0.146. The van der Waals surface area contributed by atoms with Gasteiger partial charge in [0.15, 0.2) is 0 Å². The van der Waals surface area contributed by atoms with Gasteiger partial charge in [0, 0.05) is 41.8 Å². The van der Waals surface area contributed by atoms with Crippen LogP contribution < -0.4 is 27.4 Å². The number of carboxylic acid groups (broad SMARTS) is 1. The molecule has 0 spiro atoms. The molecule has 42 heavy (non-hydrogen) atoms. The summed E-state index contributed by atoms with van der Waals surface area (Å²) in [5, 5.41) is 18.2. The van der Waals surface area contributed by atoms with Gasteiger partial charge in [0.05, 0.1) is 12.4 Å². The molecule has 0 aliphatic carbocycles. The van der Waals surface area contributed by atoms with Gasteiger partial charge in [0.25, 0.3) is 0 Å². The molecule has 0 saturated carbocycles. The number of aromatic amines is 2. The number of fused-ring (bicyclic) bond motifs is 1. The highest BCUT2D eigenvalue weighted by atomic mass is 16.4. The third-order valence-electron chi connectivity index (χ3n) is 7.15. The Bertz CT molecular complexity index is 1390. The monoisotopic (exact) mass is 582 g/mol. The number of aliphatic carboxylic acids is 1. The van der Waals surface area contributed by atoms with E-state index in [2.05, 4.69) is 30.9 Å². The van der Waals surface area contributed by atoms with Crippen molar-refractivity contribution in [1.29, 1.82) is 0 Å². The average Bonchev–Trinajstić information content (AvgIpc) is 3.62. The van der Waals surface area contributed by atoms with Crippen LogP contribution in [0, 0.1) is 5.92 Å². The van der Waals surface area contributed by atoms with Crippen molar-refractivity contribution in [3.05, 3.63) is 54.2 Å². The van der Waals surface area contributed by atoms with Crippen LogP contribution in [0.1, 0.15) is 44.4 Å². The summed E-state index contributed by atoms with van der Waals surface area (Å²) in [7, 11) is 0. The molecule has 4 amide bonds. The molecule has 3 rings (SSSR count). The molecule has 226 valence electrons. The lowest BCUT2D eigenvalue weighted by atomic mass is 9.96. The summed E-state index contributed by atoms with van der Waals surface area (Å²) in [6, 6.07) is 3.00. The largest absolute Gasteiger partial charge is 0.480 e. The SMILES string of the molecule is CCC(C)C(NC(=O)C(Cc1cnc[nH]1)NC(=O)C(N)Cc1c[nH]c2ccccc12)C(=O)NC(CCC(N)=O)C(=O)O. The smallest absolute Gasteiger partial charge is 0.326 e. The fourth-order valence-corrected chi connectivity index (χ4v) is 4.50. The molecule has 1 aromatic carbocycles. The second kappa shape index (κ2) is 14.8. The van der Waals surface area contributed by atoms with Crippen LogP contribution >= 0.6 is 0 Å². The first-order chi connectivity index (χ1) is 20.0. The molecular formula is C28H38N8O6. The molecule has 0 radical (unpaired) electrons. The molecule has 0 fully saturated rings. The number of carboxylic acids is 1. The molecule has 2 heterocycles. The summed E-state index contributed by atoms with van der Waals surface area (Å²) >= 11 is 0. The molecule has 14 nitrogen and oxygen atoms in total. The van der Waals surface area contributed by atoms with Gasteiger partial charge in [0.1, 0.15) is 18.1 Å². The van der Waals surface area contributed by atoms with Crippen molar-refractivity contribution in [2.75, 3.05) is 0 Å². The van der Waals surface area contributed by atoms with Crippen LogP contribution in [0.3, 0.4) is 0 Å². The van der Waals surface area contributed by atoms with E-state index in [1.54, 1.807) is 13.1 Å². The second-order valence-corrected chi connectivity index (χ2v) is 10.3. The maximum absolute atomic E-state index is 13.5. The fourth-order valence-electron chi connectivity index (χ4n) is 4.50. The van der Waals surface area contributed by atoms with Crippen LogP contribution in [0.15, 0.2) is 43.0 Å². The Labute approximate surface area is 242 Å². The topological polar surface area (TPSA) is 238 Å². The molecule has 3 aromatic rings. The van der Waals surface area contributed by atoms with Crippen molar-refractivity contribution in [2.24, 2.45) is 17.4 Å². The van der Waals surface area contributed by atoms with E-state index in [0.717, 1.165) is 16.5 Å². The van der Waals surface area contributed by atoms with E-state index in [4.69, 9.17) is 11.5 Å². The Kier molecular flexibility index (Phi) is 11.2. The van der Waals surface area contributed by atoms with Crippen molar-refractivity contribution in [1.82, 2.24) is 30.9 Å². The van der Waals surface area contributed by atoms with E-state index in [1.165, 1.54) is 12.5 Å². The molecule has 5 unspecified atom stereocenters. The number of imidazole rings is 1. The van der Waals surface area contributed by atoms with E-state index in [-0.39, 0.29) is 25.7 Å². The van der Waals surface area contributed by atoms with Crippen molar-refractivity contribution in [3.63, 3.8) is 0 Å². The fraction of sp³-hybridized carbons (Fsp3) is 0.429. The number of hydrogen-bond donors (Lipinski definition) is 8. The summed E-state index contributed by atoms with van der Waals surface area (Å²) in [6.45, 7) is 3.54. The first kappa shape index (κ1) is 31.8. The van der Waals surface area contributed by atoms with Gasteiger partial charge >= 0.3 is 5.97 Å². The number of nitrogens with two attached hydrogens (primary N) is 2. The summed E-state index contributed by atoms with van der Waals surface area (Å²) < 4.78 is 0. The zero-order valence-corrected chi connectivity index (χ0v) is 23.6. The van der Waals surface area contributed by atoms with Gasteiger partial charge in [-0.2, -0.15) is 0 Å². The Morgan fingerprint density at radius 2 is 1.69 bits per heavy atom. The molecule has 5 atom stereocenters. The maximum Gasteiger partial charge on any atom is 0.326 e. The number of rotatable bonds is 16. The van der Waals surface area contributed by atoms with Gasteiger partial charge in [-0.15, -0.1) is 0 Å². The van der Waals surface area contributed by atoms with Gasteiger partial charge in [-0.1, -0.05) is 38.5 Å². The van der Waals surface area contributed by atoms with Gasteiger partial charge in [0.2, 0.25) is 23.6 Å². The van der Waals surface area contributed by atoms with Crippen LogP contribution in [0.5, 0.6) is 0 Å². The van der Waals surface area contributed by atoms with Gasteiger partial charge < -0.3 is 42.5 Å². The third-order valence-corrected chi connectivity index (χ3v) is 7.15. The van der Waals surface area contributed by atoms with Crippen LogP contribution in [-0.2, 0) is 36.8 Å². The number of H-pyrrole nitrogens is 2. The summed E-state index contributed by atoms with van der Waals surface area (Å²) in [6.07, 6.45) is 5.01.